The zero-order valence-corrected chi connectivity index (χ0v) is 9.95. The Kier molecular flexibility index (Phi) is 6.17. The Balaban J connectivity index is 1.93. The number of hydrogen-bond acceptors (Lipinski definition) is 4. The molecule has 0 aromatic rings. The number of hydrogen-bond donors (Lipinski definition) is 1. The van der Waals surface area contributed by atoms with Crippen LogP contribution in [0.25, 0.3) is 0 Å². The molecule has 0 heterocycles. The largest absolute Gasteiger partial charge is 0.380 e. The van der Waals surface area contributed by atoms with Crippen LogP contribution in [0.15, 0.2) is 0 Å². The molecule has 1 saturated carbocycles. The number of rotatable bonds is 9. The van der Waals surface area contributed by atoms with Crippen molar-refractivity contribution in [3.05, 3.63) is 0 Å². The minimum absolute atomic E-state index is 0.137. The molecule has 0 aliphatic heterocycles. The number of ether oxygens (including phenoxy) is 2. The molecule has 1 fully saturated rings. The van der Waals surface area contributed by atoms with Gasteiger partial charge in [-0.05, 0) is 25.8 Å². The molecule has 2 N–H and O–H groups in total. The van der Waals surface area contributed by atoms with Crippen molar-refractivity contribution in [3.8, 4) is 0 Å². The summed E-state index contributed by atoms with van der Waals surface area (Å²) in [5.41, 5.74) is 5.55. The van der Waals surface area contributed by atoms with E-state index in [1.165, 1.54) is 12.8 Å². The molecular weight excluding hydrogens is 192 g/mol. The molecule has 1 unspecified atom stereocenters. The second-order valence-corrected chi connectivity index (χ2v) is 4.37. The first kappa shape index (κ1) is 12.9. The topological polar surface area (TPSA) is 47.7 Å². The standard InChI is InChI=1S/C11H24N2O2/c1-13(8-11(7-12)14-2)5-6-15-9-10-3-4-10/h10-11H,3-9,12H2,1-2H3. The Morgan fingerprint density at radius 1 is 1.47 bits per heavy atom. The van der Waals surface area contributed by atoms with E-state index in [4.69, 9.17) is 15.2 Å². The Hall–Kier alpha value is -0.160. The number of nitrogens with zero attached hydrogens (tertiary/aromatic N) is 1. The second kappa shape index (κ2) is 7.17. The highest BCUT2D eigenvalue weighted by atomic mass is 16.5. The van der Waals surface area contributed by atoms with Gasteiger partial charge < -0.3 is 20.1 Å². The third kappa shape index (κ3) is 6.10. The molecule has 0 saturated heterocycles. The fourth-order valence-corrected chi connectivity index (χ4v) is 1.44. The molecule has 90 valence electrons. The summed E-state index contributed by atoms with van der Waals surface area (Å²) in [7, 11) is 3.77. The van der Waals surface area contributed by atoms with Gasteiger partial charge in [-0.3, -0.25) is 0 Å². The zero-order chi connectivity index (χ0) is 11.1. The Morgan fingerprint density at radius 2 is 2.20 bits per heavy atom. The average molecular weight is 216 g/mol. The van der Waals surface area contributed by atoms with E-state index in [0.29, 0.717) is 6.54 Å². The van der Waals surface area contributed by atoms with Crippen molar-refractivity contribution in [3.63, 3.8) is 0 Å². The maximum absolute atomic E-state index is 5.56. The number of likely N-dealkylation sites (N-methyl/N-ethyl adjacent to an activating group) is 1. The Morgan fingerprint density at radius 3 is 2.73 bits per heavy atom. The molecule has 15 heavy (non-hydrogen) atoms. The van der Waals surface area contributed by atoms with E-state index in [1.807, 2.05) is 0 Å². The van der Waals surface area contributed by atoms with Gasteiger partial charge in [0.05, 0.1) is 12.7 Å². The molecular formula is C11H24N2O2. The molecule has 1 rings (SSSR count). The van der Waals surface area contributed by atoms with Gasteiger partial charge in [0.25, 0.3) is 0 Å². The summed E-state index contributed by atoms with van der Waals surface area (Å²) in [6.07, 6.45) is 2.85. The highest BCUT2D eigenvalue weighted by molar-refractivity contribution is 4.72. The molecule has 4 nitrogen and oxygen atoms in total. The summed E-state index contributed by atoms with van der Waals surface area (Å²) < 4.78 is 10.8. The predicted molar refractivity (Wildman–Crippen MR) is 60.9 cm³/mol. The fraction of sp³-hybridized carbons (Fsp3) is 1.00. The lowest BCUT2D eigenvalue weighted by Crippen LogP contribution is -2.37. The second-order valence-electron chi connectivity index (χ2n) is 4.37. The minimum atomic E-state index is 0.137. The normalized spacial score (nSPS) is 18.4. The van der Waals surface area contributed by atoms with Crippen LogP contribution in [0.2, 0.25) is 0 Å². The van der Waals surface area contributed by atoms with Crippen LogP contribution in [-0.2, 0) is 9.47 Å². The van der Waals surface area contributed by atoms with Gasteiger partial charge in [0.2, 0.25) is 0 Å². The Labute approximate surface area is 92.7 Å². The molecule has 0 spiro atoms. The van der Waals surface area contributed by atoms with Crippen molar-refractivity contribution in [2.24, 2.45) is 11.7 Å². The molecule has 0 radical (unpaired) electrons. The van der Waals surface area contributed by atoms with Gasteiger partial charge in [0, 0.05) is 33.4 Å². The summed E-state index contributed by atoms with van der Waals surface area (Å²) >= 11 is 0. The first-order valence-corrected chi connectivity index (χ1v) is 5.75. The summed E-state index contributed by atoms with van der Waals surface area (Å²) in [4.78, 5) is 2.20. The molecule has 1 aliphatic carbocycles. The van der Waals surface area contributed by atoms with Gasteiger partial charge in [-0.1, -0.05) is 0 Å². The van der Waals surface area contributed by atoms with Gasteiger partial charge in [0.15, 0.2) is 0 Å². The number of nitrogens with two attached hydrogens (primary N) is 1. The first-order valence-electron chi connectivity index (χ1n) is 5.75. The lowest BCUT2D eigenvalue weighted by molar-refractivity contribution is 0.0584. The van der Waals surface area contributed by atoms with Crippen molar-refractivity contribution in [2.45, 2.75) is 18.9 Å². The SMILES string of the molecule is COC(CN)CN(C)CCOCC1CC1. The predicted octanol–water partition coefficient (Wildman–Crippen LogP) is 0.319. The molecule has 0 bridgehead atoms. The summed E-state index contributed by atoms with van der Waals surface area (Å²) in [6.45, 7) is 4.16. The number of methoxy groups -OCH3 is 1. The quantitative estimate of drug-likeness (QED) is 0.564. The van der Waals surface area contributed by atoms with Crippen LogP contribution in [0.1, 0.15) is 12.8 Å². The van der Waals surface area contributed by atoms with Crippen LogP contribution in [0, 0.1) is 5.92 Å². The van der Waals surface area contributed by atoms with Crippen LogP contribution >= 0.6 is 0 Å². The highest BCUT2D eigenvalue weighted by Crippen LogP contribution is 2.28. The van der Waals surface area contributed by atoms with Crippen LogP contribution in [0.5, 0.6) is 0 Å². The molecule has 0 aromatic carbocycles. The van der Waals surface area contributed by atoms with E-state index >= 15 is 0 Å². The average Bonchev–Trinajstić information content (AvgIpc) is 3.05. The van der Waals surface area contributed by atoms with Gasteiger partial charge in [-0.15, -0.1) is 0 Å². The zero-order valence-electron chi connectivity index (χ0n) is 9.95. The first-order chi connectivity index (χ1) is 7.26. The molecule has 0 aromatic heterocycles. The fourth-order valence-electron chi connectivity index (χ4n) is 1.44. The van der Waals surface area contributed by atoms with Gasteiger partial charge >= 0.3 is 0 Å². The van der Waals surface area contributed by atoms with Crippen molar-refractivity contribution in [1.82, 2.24) is 4.90 Å². The van der Waals surface area contributed by atoms with Crippen molar-refractivity contribution >= 4 is 0 Å². The molecule has 1 aliphatic rings. The summed E-state index contributed by atoms with van der Waals surface area (Å²) in [5, 5.41) is 0. The third-order valence-electron chi connectivity index (χ3n) is 2.78. The molecule has 1 atom stereocenters. The van der Waals surface area contributed by atoms with Crippen molar-refractivity contribution < 1.29 is 9.47 Å². The van der Waals surface area contributed by atoms with Crippen LogP contribution in [0.3, 0.4) is 0 Å². The summed E-state index contributed by atoms with van der Waals surface area (Å²) in [5.74, 6) is 0.853. The van der Waals surface area contributed by atoms with Crippen LogP contribution in [0.4, 0.5) is 0 Å². The maximum Gasteiger partial charge on any atom is 0.0820 e. The van der Waals surface area contributed by atoms with Crippen molar-refractivity contribution in [2.75, 3.05) is 47.0 Å². The van der Waals surface area contributed by atoms with E-state index in [-0.39, 0.29) is 6.10 Å². The molecule has 4 heteroatoms. The lowest BCUT2D eigenvalue weighted by atomic mass is 10.3. The lowest BCUT2D eigenvalue weighted by Gasteiger charge is -2.21. The maximum atomic E-state index is 5.56. The van der Waals surface area contributed by atoms with Gasteiger partial charge in [-0.2, -0.15) is 0 Å². The van der Waals surface area contributed by atoms with Crippen LogP contribution < -0.4 is 5.73 Å². The van der Waals surface area contributed by atoms with Crippen LogP contribution in [-0.4, -0.2) is 58.0 Å². The smallest absolute Gasteiger partial charge is 0.0820 e. The van der Waals surface area contributed by atoms with E-state index in [0.717, 1.165) is 32.2 Å². The van der Waals surface area contributed by atoms with Gasteiger partial charge in [0.1, 0.15) is 0 Å². The van der Waals surface area contributed by atoms with Crippen molar-refractivity contribution in [1.29, 1.82) is 0 Å². The third-order valence-corrected chi connectivity index (χ3v) is 2.78. The highest BCUT2D eigenvalue weighted by Gasteiger charge is 2.21. The summed E-state index contributed by atoms with van der Waals surface area (Å²) in [6, 6.07) is 0. The van der Waals surface area contributed by atoms with E-state index < -0.39 is 0 Å². The van der Waals surface area contributed by atoms with E-state index in [9.17, 15) is 0 Å². The molecule has 0 amide bonds. The monoisotopic (exact) mass is 216 g/mol. The Bertz CT molecular complexity index is 159. The van der Waals surface area contributed by atoms with E-state index in [2.05, 4.69) is 11.9 Å². The van der Waals surface area contributed by atoms with Gasteiger partial charge in [-0.25, -0.2) is 0 Å². The van der Waals surface area contributed by atoms with E-state index in [1.54, 1.807) is 7.11 Å². The minimum Gasteiger partial charge on any atom is -0.380 e.